The van der Waals surface area contributed by atoms with E-state index in [1.54, 1.807) is 6.92 Å². The van der Waals surface area contributed by atoms with Crippen LogP contribution in [0.4, 0.5) is 13.2 Å². The van der Waals surface area contributed by atoms with Gasteiger partial charge in [-0.3, -0.25) is 4.79 Å². The summed E-state index contributed by atoms with van der Waals surface area (Å²) in [4.78, 5) is 12.8. The summed E-state index contributed by atoms with van der Waals surface area (Å²) < 4.78 is 41.6. The number of benzene rings is 1. The SMILES string of the molecule is CC[C@@H]1CCC2=NN(C(=O)c3ccc(Cl)c(C)c3)[C@](O)(C(F)(F)F)[C@H]2C1. The van der Waals surface area contributed by atoms with Crippen molar-refractivity contribution >= 4 is 23.2 Å². The molecule has 1 aromatic rings. The average Bonchev–Trinajstić information content (AvgIpc) is 2.90. The lowest BCUT2D eigenvalue weighted by atomic mass is 9.74. The van der Waals surface area contributed by atoms with Gasteiger partial charge in [0.25, 0.3) is 11.6 Å². The number of aliphatic hydroxyl groups is 1. The molecule has 1 aromatic carbocycles. The lowest BCUT2D eigenvalue weighted by molar-refractivity contribution is -0.313. The summed E-state index contributed by atoms with van der Waals surface area (Å²) in [6.07, 6.45) is -3.07. The van der Waals surface area contributed by atoms with Crippen LogP contribution in [0.15, 0.2) is 23.3 Å². The number of hydrogen-bond donors (Lipinski definition) is 1. The maximum atomic E-state index is 13.9. The van der Waals surface area contributed by atoms with Gasteiger partial charge >= 0.3 is 6.18 Å². The number of halogens is 4. The summed E-state index contributed by atoms with van der Waals surface area (Å²) >= 11 is 5.92. The molecule has 8 heteroatoms. The Morgan fingerprint density at radius 2 is 2.15 bits per heavy atom. The molecule has 1 saturated carbocycles. The van der Waals surface area contributed by atoms with Crippen molar-refractivity contribution in [2.24, 2.45) is 16.9 Å². The molecule has 0 spiro atoms. The van der Waals surface area contributed by atoms with E-state index < -0.39 is 23.7 Å². The first-order valence-electron chi connectivity index (χ1n) is 8.56. The van der Waals surface area contributed by atoms with Crippen LogP contribution < -0.4 is 0 Å². The number of carbonyl (C=O) groups is 1. The summed E-state index contributed by atoms with van der Waals surface area (Å²) in [5.41, 5.74) is -2.51. The highest BCUT2D eigenvalue weighted by Gasteiger charge is 2.68. The van der Waals surface area contributed by atoms with E-state index in [9.17, 15) is 23.1 Å². The first kappa shape index (κ1) is 19.2. The molecule has 0 unspecified atom stereocenters. The minimum atomic E-state index is -5.02. The van der Waals surface area contributed by atoms with Gasteiger partial charge < -0.3 is 5.11 Å². The van der Waals surface area contributed by atoms with Crippen LogP contribution in [-0.4, -0.2) is 33.6 Å². The van der Waals surface area contributed by atoms with E-state index in [0.717, 1.165) is 6.42 Å². The fourth-order valence-electron chi connectivity index (χ4n) is 3.77. The molecule has 3 atom stereocenters. The quantitative estimate of drug-likeness (QED) is 0.808. The van der Waals surface area contributed by atoms with Crippen molar-refractivity contribution in [3.8, 4) is 0 Å². The van der Waals surface area contributed by atoms with Crippen molar-refractivity contribution < 1.29 is 23.1 Å². The number of alkyl halides is 3. The van der Waals surface area contributed by atoms with Crippen LogP contribution in [0.3, 0.4) is 0 Å². The van der Waals surface area contributed by atoms with Crippen LogP contribution in [0, 0.1) is 18.8 Å². The number of aryl methyl sites for hydroxylation is 1. The monoisotopic (exact) mass is 388 g/mol. The highest BCUT2D eigenvalue weighted by Crippen LogP contribution is 2.50. The van der Waals surface area contributed by atoms with Gasteiger partial charge in [-0.25, -0.2) is 0 Å². The first-order chi connectivity index (χ1) is 12.1. The van der Waals surface area contributed by atoms with Gasteiger partial charge in [0.1, 0.15) is 0 Å². The van der Waals surface area contributed by atoms with E-state index in [-0.39, 0.29) is 28.6 Å². The molecule has 2 aliphatic rings. The van der Waals surface area contributed by atoms with Crippen LogP contribution in [0.25, 0.3) is 0 Å². The standard InChI is InChI=1S/C18H20ClF3N2O2/c1-3-11-4-7-15-13(9-11)17(26,18(20,21)22)24(23-15)16(25)12-5-6-14(19)10(2)8-12/h5-6,8,11,13,26H,3-4,7,9H2,1-2H3/t11-,13+,17-/m1/s1. The third-order valence-electron chi connectivity index (χ3n) is 5.41. The number of carbonyl (C=O) groups excluding carboxylic acids is 1. The number of hydrogen-bond acceptors (Lipinski definition) is 3. The topological polar surface area (TPSA) is 52.9 Å². The van der Waals surface area contributed by atoms with Crippen LogP contribution in [0.1, 0.15) is 48.5 Å². The molecule has 142 valence electrons. The molecule has 4 nitrogen and oxygen atoms in total. The van der Waals surface area contributed by atoms with Gasteiger partial charge in [0.05, 0.1) is 5.92 Å². The largest absolute Gasteiger partial charge is 0.439 e. The fraction of sp³-hybridized carbons (Fsp3) is 0.556. The van der Waals surface area contributed by atoms with E-state index >= 15 is 0 Å². The molecule has 1 aliphatic heterocycles. The molecule has 1 aliphatic carbocycles. The average molecular weight is 389 g/mol. The van der Waals surface area contributed by atoms with Crippen LogP contribution in [0.2, 0.25) is 5.02 Å². The minimum Gasteiger partial charge on any atom is -0.362 e. The predicted octanol–water partition coefficient (Wildman–Crippen LogP) is 4.54. The maximum Gasteiger partial charge on any atom is 0.439 e. The van der Waals surface area contributed by atoms with Crippen molar-refractivity contribution in [2.45, 2.75) is 51.4 Å². The third kappa shape index (κ3) is 2.91. The Hall–Kier alpha value is -1.60. The van der Waals surface area contributed by atoms with Gasteiger partial charge in [0.15, 0.2) is 0 Å². The molecule has 1 amide bonds. The number of fused-ring (bicyclic) bond motifs is 1. The third-order valence-corrected chi connectivity index (χ3v) is 5.83. The van der Waals surface area contributed by atoms with Crippen molar-refractivity contribution in [3.63, 3.8) is 0 Å². The number of amides is 1. The Bertz CT molecular complexity index is 765. The highest BCUT2D eigenvalue weighted by atomic mass is 35.5. The highest BCUT2D eigenvalue weighted by molar-refractivity contribution is 6.31. The molecule has 1 heterocycles. The van der Waals surface area contributed by atoms with Crippen LogP contribution in [0.5, 0.6) is 0 Å². The molecular formula is C18H20ClF3N2O2. The molecule has 1 N–H and O–H groups in total. The second-order valence-electron chi connectivity index (χ2n) is 7.00. The van der Waals surface area contributed by atoms with Crippen LogP contribution >= 0.6 is 11.6 Å². The summed E-state index contributed by atoms with van der Waals surface area (Å²) in [5, 5.41) is 15.2. The first-order valence-corrected chi connectivity index (χ1v) is 8.94. The lowest BCUT2D eigenvalue weighted by Crippen LogP contribution is -2.61. The lowest BCUT2D eigenvalue weighted by Gasteiger charge is -2.39. The molecule has 3 rings (SSSR count). The zero-order chi connectivity index (χ0) is 19.3. The fourth-order valence-corrected chi connectivity index (χ4v) is 3.89. The molecule has 0 saturated heterocycles. The molecule has 0 bridgehead atoms. The Kier molecular flexibility index (Phi) is 4.82. The van der Waals surface area contributed by atoms with Crippen molar-refractivity contribution in [1.82, 2.24) is 5.01 Å². The smallest absolute Gasteiger partial charge is 0.362 e. The van der Waals surface area contributed by atoms with E-state index in [2.05, 4.69) is 5.10 Å². The number of rotatable bonds is 2. The van der Waals surface area contributed by atoms with E-state index in [4.69, 9.17) is 11.6 Å². The molecular weight excluding hydrogens is 369 g/mol. The van der Waals surface area contributed by atoms with E-state index in [0.29, 0.717) is 23.4 Å². The zero-order valence-electron chi connectivity index (χ0n) is 14.5. The van der Waals surface area contributed by atoms with Gasteiger partial charge in [-0.15, -0.1) is 0 Å². The normalized spacial score (nSPS) is 28.7. The predicted molar refractivity (Wildman–Crippen MR) is 91.9 cm³/mol. The summed E-state index contributed by atoms with van der Waals surface area (Å²) in [7, 11) is 0. The van der Waals surface area contributed by atoms with Gasteiger partial charge in [0.2, 0.25) is 0 Å². The van der Waals surface area contributed by atoms with Crippen LogP contribution in [-0.2, 0) is 0 Å². The number of nitrogens with zero attached hydrogens (tertiary/aromatic N) is 2. The molecule has 0 aromatic heterocycles. The van der Waals surface area contributed by atoms with E-state index in [1.807, 2.05) is 6.92 Å². The van der Waals surface area contributed by atoms with Crippen molar-refractivity contribution in [3.05, 3.63) is 34.3 Å². The van der Waals surface area contributed by atoms with Gasteiger partial charge in [-0.2, -0.15) is 23.3 Å². The summed E-state index contributed by atoms with van der Waals surface area (Å²) in [5.74, 6) is -2.14. The van der Waals surface area contributed by atoms with Gasteiger partial charge in [0, 0.05) is 16.3 Å². The second kappa shape index (κ2) is 6.53. The number of hydrazone groups is 1. The second-order valence-corrected chi connectivity index (χ2v) is 7.40. The Morgan fingerprint density at radius 3 is 2.73 bits per heavy atom. The summed E-state index contributed by atoms with van der Waals surface area (Å²) in [6.45, 7) is 3.56. The zero-order valence-corrected chi connectivity index (χ0v) is 15.2. The van der Waals surface area contributed by atoms with E-state index in [1.165, 1.54) is 18.2 Å². The summed E-state index contributed by atoms with van der Waals surface area (Å²) in [6, 6.07) is 4.18. The molecule has 1 fully saturated rings. The Morgan fingerprint density at radius 1 is 1.46 bits per heavy atom. The van der Waals surface area contributed by atoms with Gasteiger partial charge in [-0.05, 0) is 55.9 Å². The van der Waals surface area contributed by atoms with Crippen molar-refractivity contribution in [1.29, 1.82) is 0 Å². The maximum absolute atomic E-state index is 13.9. The Labute approximate surface area is 154 Å². The molecule has 0 radical (unpaired) electrons. The molecule has 26 heavy (non-hydrogen) atoms. The Balaban J connectivity index is 2.03. The van der Waals surface area contributed by atoms with Crippen molar-refractivity contribution in [2.75, 3.05) is 0 Å². The minimum absolute atomic E-state index is 0.00427. The van der Waals surface area contributed by atoms with Gasteiger partial charge in [-0.1, -0.05) is 24.9 Å².